The van der Waals surface area contributed by atoms with E-state index in [9.17, 15) is 9.90 Å². The highest BCUT2D eigenvalue weighted by molar-refractivity contribution is 5.91. The number of carbonyl (C=O) groups is 1. The Morgan fingerprint density at radius 3 is 2.40 bits per heavy atom. The quantitative estimate of drug-likeness (QED) is 0.896. The van der Waals surface area contributed by atoms with Gasteiger partial charge in [-0.3, -0.25) is 0 Å². The summed E-state index contributed by atoms with van der Waals surface area (Å²) >= 11 is 0. The van der Waals surface area contributed by atoms with Crippen LogP contribution >= 0.6 is 0 Å². The third-order valence-corrected chi connectivity index (χ3v) is 3.37. The van der Waals surface area contributed by atoms with E-state index in [0.29, 0.717) is 11.3 Å². The van der Waals surface area contributed by atoms with Gasteiger partial charge in [0.05, 0.1) is 7.11 Å². The Bertz CT molecular complexity index is 634. The molecule has 1 unspecified atom stereocenters. The van der Waals surface area contributed by atoms with Crippen molar-refractivity contribution in [2.24, 2.45) is 0 Å². The van der Waals surface area contributed by atoms with Crippen LogP contribution in [0, 0.1) is 0 Å². The first-order valence-electron chi connectivity index (χ1n) is 6.24. The Labute approximate surface area is 117 Å². The third kappa shape index (κ3) is 2.45. The molecule has 0 aromatic heterocycles. The van der Waals surface area contributed by atoms with Gasteiger partial charge in [0.1, 0.15) is 17.1 Å². The topological polar surface area (TPSA) is 66.8 Å². The summed E-state index contributed by atoms with van der Waals surface area (Å²) in [5.74, 6) is -0.805. The predicted octanol–water partition coefficient (Wildman–Crippen LogP) is 3.25. The van der Waals surface area contributed by atoms with Gasteiger partial charge in [0.15, 0.2) is 0 Å². The predicted molar refractivity (Wildman–Crippen MR) is 75.6 cm³/mol. The molecule has 4 heteroatoms. The third-order valence-electron chi connectivity index (χ3n) is 3.37. The van der Waals surface area contributed by atoms with E-state index in [1.807, 2.05) is 31.2 Å². The maximum Gasteiger partial charge on any atom is 0.339 e. The van der Waals surface area contributed by atoms with E-state index >= 15 is 0 Å². The van der Waals surface area contributed by atoms with E-state index in [2.05, 4.69) is 0 Å². The Hall–Kier alpha value is -2.49. The number of ether oxygens (including phenoxy) is 1. The number of carboxylic acids is 1. The van der Waals surface area contributed by atoms with Crippen molar-refractivity contribution in [3.05, 3.63) is 59.2 Å². The number of hydrogen-bond acceptors (Lipinski definition) is 3. The molecule has 2 aromatic rings. The van der Waals surface area contributed by atoms with E-state index in [4.69, 9.17) is 9.84 Å². The minimum absolute atomic E-state index is 0.0933. The average molecular weight is 272 g/mol. The Balaban J connectivity index is 2.51. The molecule has 2 aromatic carbocycles. The molecule has 0 aliphatic heterocycles. The highest BCUT2D eigenvalue weighted by Crippen LogP contribution is 2.36. The second kappa shape index (κ2) is 5.65. The number of methoxy groups -OCH3 is 1. The standard InChI is InChI=1S/C16H16O4/c1-10(11-6-3-4-9-14(11)20-2)12-7-5-8-13(15(12)17)16(18)19/h3-10,17H,1-2H3,(H,18,19). The SMILES string of the molecule is COc1ccccc1C(C)c1cccc(C(=O)O)c1O. The zero-order chi connectivity index (χ0) is 14.7. The smallest absolute Gasteiger partial charge is 0.339 e. The van der Waals surface area contributed by atoms with Gasteiger partial charge in [0, 0.05) is 17.0 Å². The van der Waals surface area contributed by atoms with Crippen molar-refractivity contribution < 1.29 is 19.7 Å². The van der Waals surface area contributed by atoms with Crippen molar-refractivity contribution in [2.75, 3.05) is 7.11 Å². The first-order chi connectivity index (χ1) is 9.56. The lowest BCUT2D eigenvalue weighted by Crippen LogP contribution is -2.03. The van der Waals surface area contributed by atoms with E-state index in [0.717, 1.165) is 5.56 Å². The van der Waals surface area contributed by atoms with E-state index in [1.165, 1.54) is 6.07 Å². The fourth-order valence-electron chi connectivity index (χ4n) is 2.28. The van der Waals surface area contributed by atoms with Gasteiger partial charge in [0.25, 0.3) is 0 Å². The summed E-state index contributed by atoms with van der Waals surface area (Å²) in [6, 6.07) is 12.2. The number of carboxylic acid groups (broad SMARTS) is 1. The summed E-state index contributed by atoms with van der Waals surface area (Å²) in [5, 5.41) is 19.2. The summed E-state index contributed by atoms with van der Waals surface area (Å²) in [6.45, 7) is 1.90. The maximum atomic E-state index is 11.1. The number of aromatic hydroxyl groups is 1. The van der Waals surface area contributed by atoms with Crippen molar-refractivity contribution in [1.82, 2.24) is 0 Å². The minimum Gasteiger partial charge on any atom is -0.507 e. The van der Waals surface area contributed by atoms with Crippen LogP contribution in [0.4, 0.5) is 0 Å². The van der Waals surface area contributed by atoms with Gasteiger partial charge in [-0.15, -0.1) is 0 Å². The largest absolute Gasteiger partial charge is 0.507 e. The van der Waals surface area contributed by atoms with Crippen molar-refractivity contribution in [3.63, 3.8) is 0 Å². The molecule has 0 amide bonds. The lowest BCUT2D eigenvalue weighted by molar-refractivity contribution is 0.0693. The van der Waals surface area contributed by atoms with Crippen LogP contribution in [0.1, 0.15) is 34.3 Å². The first-order valence-corrected chi connectivity index (χ1v) is 6.24. The number of para-hydroxylation sites is 2. The zero-order valence-electron chi connectivity index (χ0n) is 11.3. The minimum atomic E-state index is -1.14. The molecule has 1 atom stereocenters. The summed E-state index contributed by atoms with van der Waals surface area (Å²) in [4.78, 5) is 11.1. The fraction of sp³-hybridized carbons (Fsp3) is 0.188. The summed E-state index contributed by atoms with van der Waals surface area (Å²) < 4.78 is 5.31. The van der Waals surface area contributed by atoms with Gasteiger partial charge in [-0.05, 0) is 12.1 Å². The number of phenols is 1. The van der Waals surface area contributed by atoms with E-state index < -0.39 is 5.97 Å². The molecule has 2 N–H and O–H groups in total. The van der Waals surface area contributed by atoms with E-state index in [1.54, 1.807) is 19.2 Å². The maximum absolute atomic E-state index is 11.1. The Morgan fingerprint density at radius 1 is 1.10 bits per heavy atom. The van der Waals surface area contributed by atoms with Crippen molar-refractivity contribution >= 4 is 5.97 Å². The molecule has 0 heterocycles. The monoisotopic (exact) mass is 272 g/mol. The molecule has 104 valence electrons. The molecule has 0 radical (unpaired) electrons. The van der Waals surface area contributed by atoms with Crippen LogP contribution in [-0.2, 0) is 0 Å². The molecule has 0 saturated heterocycles. The molecule has 0 aliphatic carbocycles. The van der Waals surface area contributed by atoms with Crippen LogP contribution in [0.2, 0.25) is 0 Å². The summed E-state index contributed by atoms with van der Waals surface area (Å²) in [7, 11) is 1.58. The van der Waals surface area contributed by atoms with Gasteiger partial charge in [-0.25, -0.2) is 4.79 Å². The van der Waals surface area contributed by atoms with Gasteiger partial charge >= 0.3 is 5.97 Å². The van der Waals surface area contributed by atoms with Crippen molar-refractivity contribution in [2.45, 2.75) is 12.8 Å². The van der Waals surface area contributed by atoms with Crippen molar-refractivity contribution in [3.8, 4) is 11.5 Å². The number of benzene rings is 2. The molecule has 2 rings (SSSR count). The normalized spacial score (nSPS) is 11.9. The number of hydrogen-bond donors (Lipinski definition) is 2. The van der Waals surface area contributed by atoms with Crippen LogP contribution in [0.15, 0.2) is 42.5 Å². The van der Waals surface area contributed by atoms with Gasteiger partial charge in [-0.2, -0.15) is 0 Å². The molecule has 0 fully saturated rings. The molecule has 20 heavy (non-hydrogen) atoms. The van der Waals surface area contributed by atoms with Crippen molar-refractivity contribution in [1.29, 1.82) is 0 Å². The summed E-state index contributed by atoms with van der Waals surface area (Å²) in [5.41, 5.74) is 1.37. The molecule has 0 aliphatic rings. The second-order valence-electron chi connectivity index (χ2n) is 4.51. The Kier molecular flexibility index (Phi) is 3.94. The molecule has 0 saturated carbocycles. The molecular formula is C16H16O4. The van der Waals surface area contributed by atoms with Crippen LogP contribution in [-0.4, -0.2) is 23.3 Å². The number of aromatic carboxylic acids is 1. The molecular weight excluding hydrogens is 256 g/mol. The van der Waals surface area contributed by atoms with E-state index in [-0.39, 0.29) is 17.2 Å². The molecule has 4 nitrogen and oxygen atoms in total. The van der Waals surface area contributed by atoms with Gasteiger partial charge < -0.3 is 14.9 Å². The van der Waals surface area contributed by atoms with Gasteiger partial charge in [-0.1, -0.05) is 37.3 Å². The fourth-order valence-corrected chi connectivity index (χ4v) is 2.28. The first kappa shape index (κ1) is 13.9. The molecule has 0 bridgehead atoms. The van der Waals surface area contributed by atoms with Crippen LogP contribution in [0.25, 0.3) is 0 Å². The zero-order valence-corrected chi connectivity index (χ0v) is 11.3. The second-order valence-corrected chi connectivity index (χ2v) is 4.51. The van der Waals surface area contributed by atoms with Gasteiger partial charge in [0.2, 0.25) is 0 Å². The number of rotatable bonds is 4. The van der Waals surface area contributed by atoms with Crippen LogP contribution in [0.5, 0.6) is 11.5 Å². The highest BCUT2D eigenvalue weighted by atomic mass is 16.5. The van der Waals surface area contributed by atoms with Crippen LogP contribution < -0.4 is 4.74 Å². The lowest BCUT2D eigenvalue weighted by Gasteiger charge is -2.17. The lowest BCUT2D eigenvalue weighted by atomic mass is 9.90. The average Bonchev–Trinajstić information content (AvgIpc) is 2.46. The highest BCUT2D eigenvalue weighted by Gasteiger charge is 2.20. The van der Waals surface area contributed by atoms with Crippen LogP contribution in [0.3, 0.4) is 0 Å². The molecule has 0 spiro atoms. The Morgan fingerprint density at radius 2 is 1.75 bits per heavy atom. The summed E-state index contributed by atoms with van der Waals surface area (Å²) in [6.07, 6.45) is 0.